The smallest absolute Gasteiger partial charge is 0.102 e. The zero-order valence-electron chi connectivity index (χ0n) is 9.77. The van der Waals surface area contributed by atoms with E-state index < -0.39 is 5.60 Å². The molecule has 0 amide bonds. The van der Waals surface area contributed by atoms with Crippen molar-refractivity contribution in [2.24, 2.45) is 0 Å². The number of halogens is 1. The van der Waals surface area contributed by atoms with E-state index >= 15 is 0 Å². The van der Waals surface area contributed by atoms with E-state index in [0.29, 0.717) is 6.42 Å². The first-order valence-electron chi connectivity index (χ1n) is 5.36. The third-order valence-corrected chi connectivity index (χ3v) is 4.40. The van der Waals surface area contributed by atoms with Gasteiger partial charge in [0, 0.05) is 27.7 Å². The van der Waals surface area contributed by atoms with Crippen molar-refractivity contribution in [3.63, 3.8) is 0 Å². The van der Waals surface area contributed by atoms with E-state index in [9.17, 15) is 5.11 Å². The van der Waals surface area contributed by atoms with Crippen molar-refractivity contribution in [3.05, 3.63) is 50.4 Å². The number of rotatable bonds is 3. The van der Waals surface area contributed by atoms with Gasteiger partial charge in [0.05, 0.1) is 0 Å². The van der Waals surface area contributed by atoms with Crippen LogP contribution in [0.3, 0.4) is 0 Å². The third kappa shape index (κ3) is 2.94. The molecule has 2 heterocycles. The van der Waals surface area contributed by atoms with Crippen molar-refractivity contribution in [1.29, 1.82) is 0 Å². The quantitative estimate of drug-likeness (QED) is 0.938. The van der Waals surface area contributed by atoms with Gasteiger partial charge in [0.15, 0.2) is 0 Å². The van der Waals surface area contributed by atoms with Gasteiger partial charge in [-0.05, 0) is 58.9 Å². The molecule has 0 aliphatic heterocycles. The molecule has 1 N–H and O–H groups in total. The summed E-state index contributed by atoms with van der Waals surface area (Å²) in [5.74, 6) is 0. The number of aryl methyl sites for hydroxylation is 1. The highest BCUT2D eigenvalue weighted by atomic mass is 79.9. The van der Waals surface area contributed by atoms with Crippen LogP contribution in [0.1, 0.15) is 23.1 Å². The highest BCUT2D eigenvalue weighted by Gasteiger charge is 2.27. The molecule has 0 aliphatic rings. The molecule has 2 aromatic rings. The molecular formula is C13H14BrNOS. The van der Waals surface area contributed by atoms with Crippen molar-refractivity contribution in [3.8, 4) is 0 Å². The fourth-order valence-electron chi connectivity index (χ4n) is 1.87. The summed E-state index contributed by atoms with van der Waals surface area (Å²) in [5.41, 5.74) is 1.18. The number of pyridine rings is 1. The standard InChI is InChI=1S/C13H14BrNOS/c1-9-5-6-17-12(9)13(2,16)7-11-4-3-10(14)8-15-11/h3-6,8,16H,7H2,1-2H3. The second-order valence-electron chi connectivity index (χ2n) is 4.35. The van der Waals surface area contributed by atoms with E-state index in [1.165, 1.54) is 0 Å². The zero-order valence-corrected chi connectivity index (χ0v) is 12.2. The van der Waals surface area contributed by atoms with Crippen molar-refractivity contribution < 1.29 is 5.11 Å². The van der Waals surface area contributed by atoms with Crippen LogP contribution in [0.15, 0.2) is 34.2 Å². The van der Waals surface area contributed by atoms with Crippen LogP contribution in [-0.2, 0) is 12.0 Å². The number of hydrogen-bond donors (Lipinski definition) is 1. The van der Waals surface area contributed by atoms with Gasteiger partial charge < -0.3 is 5.11 Å². The molecule has 2 nitrogen and oxygen atoms in total. The van der Waals surface area contributed by atoms with Crippen LogP contribution >= 0.6 is 27.3 Å². The van der Waals surface area contributed by atoms with Gasteiger partial charge in [0.25, 0.3) is 0 Å². The maximum atomic E-state index is 10.5. The summed E-state index contributed by atoms with van der Waals surface area (Å²) in [6.45, 7) is 3.87. The van der Waals surface area contributed by atoms with Crippen LogP contribution in [0.5, 0.6) is 0 Å². The number of nitrogens with zero attached hydrogens (tertiary/aromatic N) is 1. The summed E-state index contributed by atoms with van der Waals surface area (Å²) >= 11 is 4.94. The molecule has 0 radical (unpaired) electrons. The Labute approximate surface area is 113 Å². The molecule has 1 unspecified atom stereocenters. The highest BCUT2D eigenvalue weighted by Crippen LogP contribution is 2.31. The average molecular weight is 312 g/mol. The van der Waals surface area contributed by atoms with Crippen LogP contribution in [0.4, 0.5) is 0 Å². The number of aliphatic hydroxyl groups is 1. The van der Waals surface area contributed by atoms with Crippen molar-refractivity contribution in [2.45, 2.75) is 25.9 Å². The van der Waals surface area contributed by atoms with Gasteiger partial charge in [-0.25, -0.2) is 0 Å². The second-order valence-corrected chi connectivity index (χ2v) is 6.18. The predicted octanol–water partition coefficient (Wildman–Crippen LogP) is 3.66. The predicted molar refractivity (Wildman–Crippen MR) is 74.3 cm³/mol. The fourth-order valence-corrected chi connectivity index (χ4v) is 3.09. The van der Waals surface area contributed by atoms with Gasteiger partial charge in [-0.1, -0.05) is 0 Å². The summed E-state index contributed by atoms with van der Waals surface area (Å²) in [5, 5.41) is 12.5. The van der Waals surface area contributed by atoms with Crippen LogP contribution < -0.4 is 0 Å². The van der Waals surface area contributed by atoms with Gasteiger partial charge >= 0.3 is 0 Å². The Morgan fingerprint density at radius 3 is 2.71 bits per heavy atom. The second kappa shape index (κ2) is 4.88. The first kappa shape index (κ1) is 12.7. The molecular weight excluding hydrogens is 298 g/mol. The molecule has 2 rings (SSSR count). The van der Waals surface area contributed by atoms with Gasteiger partial charge in [0.2, 0.25) is 0 Å². The Kier molecular flexibility index (Phi) is 3.66. The third-order valence-electron chi connectivity index (χ3n) is 2.67. The van der Waals surface area contributed by atoms with Crippen LogP contribution in [0.25, 0.3) is 0 Å². The Morgan fingerprint density at radius 1 is 1.41 bits per heavy atom. The molecule has 1 atom stereocenters. The minimum absolute atomic E-state index is 0.529. The van der Waals surface area contributed by atoms with Crippen LogP contribution in [-0.4, -0.2) is 10.1 Å². The highest BCUT2D eigenvalue weighted by molar-refractivity contribution is 9.10. The molecule has 0 spiro atoms. The lowest BCUT2D eigenvalue weighted by Crippen LogP contribution is -2.24. The van der Waals surface area contributed by atoms with Crippen LogP contribution in [0, 0.1) is 6.92 Å². The molecule has 0 aromatic carbocycles. The monoisotopic (exact) mass is 311 g/mol. The van der Waals surface area contributed by atoms with E-state index in [1.807, 2.05) is 37.4 Å². The van der Waals surface area contributed by atoms with Crippen molar-refractivity contribution in [1.82, 2.24) is 4.98 Å². The molecule has 2 aromatic heterocycles. The van der Waals surface area contributed by atoms with Gasteiger partial charge in [0.1, 0.15) is 5.60 Å². The van der Waals surface area contributed by atoms with Gasteiger partial charge in [-0.15, -0.1) is 11.3 Å². The molecule has 4 heteroatoms. The summed E-state index contributed by atoms with van der Waals surface area (Å²) in [4.78, 5) is 5.32. The minimum Gasteiger partial charge on any atom is -0.384 e. The molecule has 17 heavy (non-hydrogen) atoms. The number of aromatic nitrogens is 1. The maximum Gasteiger partial charge on any atom is 0.102 e. The van der Waals surface area contributed by atoms with Gasteiger partial charge in [-0.2, -0.15) is 0 Å². The van der Waals surface area contributed by atoms with Crippen molar-refractivity contribution >= 4 is 27.3 Å². The average Bonchev–Trinajstić information content (AvgIpc) is 2.68. The lowest BCUT2D eigenvalue weighted by molar-refractivity contribution is 0.0599. The summed E-state index contributed by atoms with van der Waals surface area (Å²) in [6.07, 6.45) is 2.29. The minimum atomic E-state index is -0.848. The molecule has 90 valence electrons. The lowest BCUT2D eigenvalue weighted by Gasteiger charge is -2.22. The molecule has 0 bridgehead atoms. The largest absolute Gasteiger partial charge is 0.384 e. The Morgan fingerprint density at radius 2 is 2.18 bits per heavy atom. The van der Waals surface area contributed by atoms with Crippen LogP contribution in [0.2, 0.25) is 0 Å². The molecule has 0 saturated carbocycles. The van der Waals surface area contributed by atoms with E-state index in [2.05, 4.69) is 20.9 Å². The normalized spacial score (nSPS) is 14.6. The van der Waals surface area contributed by atoms with E-state index in [0.717, 1.165) is 20.6 Å². The summed E-state index contributed by atoms with van der Waals surface area (Å²) in [6, 6.07) is 5.91. The number of thiophene rings is 1. The Balaban J connectivity index is 2.23. The summed E-state index contributed by atoms with van der Waals surface area (Å²) in [7, 11) is 0. The molecule has 0 aliphatic carbocycles. The van der Waals surface area contributed by atoms with Crippen molar-refractivity contribution in [2.75, 3.05) is 0 Å². The topological polar surface area (TPSA) is 33.1 Å². The maximum absolute atomic E-state index is 10.5. The Hall–Kier alpha value is -0.710. The van der Waals surface area contributed by atoms with E-state index in [1.54, 1.807) is 17.5 Å². The fraction of sp³-hybridized carbons (Fsp3) is 0.308. The zero-order chi connectivity index (χ0) is 12.5. The molecule has 0 fully saturated rings. The van der Waals surface area contributed by atoms with Gasteiger partial charge in [-0.3, -0.25) is 4.98 Å². The van der Waals surface area contributed by atoms with E-state index in [4.69, 9.17) is 0 Å². The molecule has 0 saturated heterocycles. The van der Waals surface area contributed by atoms with E-state index in [-0.39, 0.29) is 0 Å². The Bertz CT molecular complexity index is 504. The first-order chi connectivity index (χ1) is 7.99. The lowest BCUT2D eigenvalue weighted by atomic mass is 9.95. The first-order valence-corrected chi connectivity index (χ1v) is 7.04. The summed E-state index contributed by atoms with van der Waals surface area (Å²) < 4.78 is 0.952. The SMILES string of the molecule is Cc1ccsc1C(C)(O)Cc1ccc(Br)cn1. The number of hydrogen-bond acceptors (Lipinski definition) is 3.